The number of hydrogen-bond acceptors (Lipinski definition) is 5. The quantitative estimate of drug-likeness (QED) is 0.901. The molecule has 0 aliphatic heterocycles. The lowest BCUT2D eigenvalue weighted by molar-refractivity contribution is 0.201. The lowest BCUT2D eigenvalue weighted by Gasteiger charge is -2.30. The Morgan fingerprint density at radius 2 is 2.11 bits per heavy atom. The fourth-order valence-electron chi connectivity index (χ4n) is 1.85. The summed E-state index contributed by atoms with van der Waals surface area (Å²) >= 11 is 3.42. The highest BCUT2D eigenvalue weighted by atomic mass is 79.9. The molecule has 0 aromatic carbocycles. The molecule has 0 aliphatic carbocycles. The summed E-state index contributed by atoms with van der Waals surface area (Å²) in [6.07, 6.45) is 1.50. The highest BCUT2D eigenvalue weighted by molar-refractivity contribution is 9.10. The minimum absolute atomic E-state index is 0.0346. The van der Waals surface area contributed by atoms with Crippen LogP contribution >= 0.6 is 15.9 Å². The molecule has 19 heavy (non-hydrogen) atoms. The van der Waals surface area contributed by atoms with Crippen molar-refractivity contribution in [2.24, 2.45) is 12.5 Å². The van der Waals surface area contributed by atoms with Crippen LogP contribution in [0.5, 0.6) is 0 Å². The van der Waals surface area contributed by atoms with Crippen molar-refractivity contribution in [3.05, 3.63) is 10.9 Å². The van der Waals surface area contributed by atoms with E-state index in [-0.39, 0.29) is 18.1 Å². The van der Waals surface area contributed by atoms with Crippen molar-refractivity contribution < 1.29 is 5.11 Å². The third-order valence-electron chi connectivity index (χ3n) is 3.12. The minimum atomic E-state index is -0.0993. The van der Waals surface area contributed by atoms with Crippen molar-refractivity contribution >= 4 is 32.8 Å². The number of rotatable bonds is 3. The van der Waals surface area contributed by atoms with Crippen LogP contribution in [0.2, 0.25) is 0 Å². The van der Waals surface area contributed by atoms with E-state index >= 15 is 0 Å². The number of aliphatic hydroxyl groups is 1. The average Bonchev–Trinajstić information content (AvgIpc) is 2.61. The van der Waals surface area contributed by atoms with Gasteiger partial charge in [0.1, 0.15) is 16.7 Å². The Hall–Kier alpha value is -1.21. The SMILES string of the molecule is Cn1nc(Br)c2c(N[C@@H](CO)C(C)(C)C)ncnc21. The first-order valence-corrected chi connectivity index (χ1v) is 6.84. The Morgan fingerprint density at radius 3 is 2.68 bits per heavy atom. The minimum Gasteiger partial charge on any atom is -0.394 e. The summed E-state index contributed by atoms with van der Waals surface area (Å²) < 4.78 is 2.39. The first kappa shape index (κ1) is 14.2. The number of nitrogens with zero attached hydrogens (tertiary/aromatic N) is 4. The van der Waals surface area contributed by atoms with Gasteiger partial charge in [-0.1, -0.05) is 20.8 Å². The van der Waals surface area contributed by atoms with Crippen LogP contribution in [0.4, 0.5) is 5.82 Å². The molecule has 0 fully saturated rings. The van der Waals surface area contributed by atoms with Gasteiger partial charge in [0.25, 0.3) is 0 Å². The Kier molecular flexibility index (Phi) is 3.78. The van der Waals surface area contributed by atoms with Crippen LogP contribution in [0, 0.1) is 5.41 Å². The highest BCUT2D eigenvalue weighted by Gasteiger charge is 2.25. The van der Waals surface area contributed by atoms with Gasteiger partial charge in [-0.2, -0.15) is 5.10 Å². The molecule has 0 spiro atoms. The second kappa shape index (κ2) is 5.05. The van der Waals surface area contributed by atoms with Gasteiger partial charge >= 0.3 is 0 Å². The smallest absolute Gasteiger partial charge is 0.164 e. The molecule has 2 aromatic heterocycles. The molecule has 0 bridgehead atoms. The van der Waals surface area contributed by atoms with Gasteiger partial charge < -0.3 is 10.4 Å². The molecule has 1 atom stereocenters. The molecule has 2 aromatic rings. The summed E-state index contributed by atoms with van der Waals surface area (Å²) in [4.78, 5) is 8.48. The highest BCUT2D eigenvalue weighted by Crippen LogP contribution is 2.29. The number of anilines is 1. The van der Waals surface area contributed by atoms with Crippen LogP contribution in [0.25, 0.3) is 11.0 Å². The molecular formula is C12H18BrN5O. The van der Waals surface area contributed by atoms with Crippen molar-refractivity contribution in [3.63, 3.8) is 0 Å². The number of nitrogens with one attached hydrogen (secondary N) is 1. The second-order valence-corrected chi connectivity index (χ2v) is 6.33. The van der Waals surface area contributed by atoms with Crippen molar-refractivity contribution in [2.75, 3.05) is 11.9 Å². The predicted molar refractivity (Wildman–Crippen MR) is 78.0 cm³/mol. The van der Waals surface area contributed by atoms with Crippen LogP contribution in [-0.2, 0) is 7.05 Å². The third-order valence-corrected chi connectivity index (χ3v) is 3.67. The Balaban J connectivity index is 2.46. The molecule has 104 valence electrons. The van der Waals surface area contributed by atoms with Gasteiger partial charge in [0.15, 0.2) is 5.65 Å². The van der Waals surface area contributed by atoms with Crippen molar-refractivity contribution in [1.82, 2.24) is 19.7 Å². The molecule has 0 radical (unpaired) electrons. The van der Waals surface area contributed by atoms with E-state index in [1.165, 1.54) is 6.33 Å². The standard InChI is InChI=1S/C12H18BrN5O/c1-12(2,3)7(5-19)16-10-8-9(13)17-18(4)11(8)15-6-14-10/h6-7,19H,5H2,1-4H3,(H,14,15,16)/t7-/m0/s1. The zero-order chi connectivity index (χ0) is 14.2. The molecule has 2 heterocycles. The van der Waals surface area contributed by atoms with Crippen molar-refractivity contribution in [2.45, 2.75) is 26.8 Å². The van der Waals surface area contributed by atoms with Gasteiger partial charge in [0, 0.05) is 7.05 Å². The maximum Gasteiger partial charge on any atom is 0.164 e. The largest absolute Gasteiger partial charge is 0.394 e. The van der Waals surface area contributed by atoms with Crippen LogP contribution in [-0.4, -0.2) is 37.5 Å². The van der Waals surface area contributed by atoms with Crippen molar-refractivity contribution in [1.29, 1.82) is 0 Å². The van der Waals surface area contributed by atoms with Crippen molar-refractivity contribution in [3.8, 4) is 0 Å². The maximum atomic E-state index is 9.53. The lowest BCUT2D eigenvalue weighted by Crippen LogP contribution is -2.37. The molecule has 0 saturated heterocycles. The van der Waals surface area contributed by atoms with E-state index in [1.54, 1.807) is 4.68 Å². The normalized spacial score (nSPS) is 13.8. The van der Waals surface area contributed by atoms with Gasteiger partial charge in [-0.25, -0.2) is 14.6 Å². The fourth-order valence-corrected chi connectivity index (χ4v) is 2.45. The molecule has 0 unspecified atom stereocenters. The molecule has 0 saturated carbocycles. The maximum absolute atomic E-state index is 9.53. The number of halogens is 1. The Labute approximate surface area is 120 Å². The number of fused-ring (bicyclic) bond motifs is 1. The molecule has 0 aliphatic rings. The summed E-state index contributed by atoms with van der Waals surface area (Å²) in [5, 5.41) is 17.9. The van der Waals surface area contributed by atoms with Crippen LogP contribution in [0.3, 0.4) is 0 Å². The first-order valence-electron chi connectivity index (χ1n) is 6.05. The van der Waals surface area contributed by atoms with E-state index in [4.69, 9.17) is 0 Å². The van der Waals surface area contributed by atoms with Crippen LogP contribution in [0.15, 0.2) is 10.9 Å². The van der Waals surface area contributed by atoms with E-state index in [2.05, 4.69) is 57.1 Å². The molecule has 2 rings (SSSR count). The fraction of sp³-hybridized carbons (Fsp3) is 0.583. The topological polar surface area (TPSA) is 75.9 Å². The van der Waals surface area contributed by atoms with Gasteiger partial charge in [-0.3, -0.25) is 0 Å². The molecule has 6 nitrogen and oxygen atoms in total. The van der Waals surface area contributed by atoms with E-state index < -0.39 is 0 Å². The summed E-state index contributed by atoms with van der Waals surface area (Å²) in [7, 11) is 1.83. The molecule has 0 amide bonds. The lowest BCUT2D eigenvalue weighted by atomic mass is 9.87. The Morgan fingerprint density at radius 1 is 1.42 bits per heavy atom. The molecule has 7 heteroatoms. The predicted octanol–water partition coefficient (Wildman–Crippen LogP) is 1.94. The van der Waals surface area contributed by atoms with Gasteiger partial charge in [0.2, 0.25) is 0 Å². The number of aromatic nitrogens is 4. The van der Waals surface area contributed by atoms with Gasteiger partial charge in [-0.05, 0) is 21.3 Å². The Bertz CT molecular complexity index is 590. The zero-order valence-electron chi connectivity index (χ0n) is 11.5. The third kappa shape index (κ3) is 2.71. The van der Waals surface area contributed by atoms with Gasteiger partial charge in [0.05, 0.1) is 18.0 Å². The van der Waals surface area contributed by atoms with Crippen LogP contribution < -0.4 is 5.32 Å². The molecule has 2 N–H and O–H groups in total. The van der Waals surface area contributed by atoms with Gasteiger partial charge in [-0.15, -0.1) is 0 Å². The monoisotopic (exact) mass is 327 g/mol. The van der Waals surface area contributed by atoms with Crippen LogP contribution in [0.1, 0.15) is 20.8 Å². The number of aliphatic hydroxyl groups excluding tert-OH is 1. The second-order valence-electron chi connectivity index (χ2n) is 5.58. The van der Waals surface area contributed by atoms with E-state index in [1.807, 2.05) is 7.05 Å². The zero-order valence-corrected chi connectivity index (χ0v) is 13.1. The summed E-state index contributed by atoms with van der Waals surface area (Å²) in [5.41, 5.74) is 0.663. The summed E-state index contributed by atoms with van der Waals surface area (Å²) in [6, 6.07) is -0.0993. The number of hydrogen-bond donors (Lipinski definition) is 2. The average molecular weight is 328 g/mol. The van der Waals surface area contributed by atoms with E-state index in [0.29, 0.717) is 10.4 Å². The molecular weight excluding hydrogens is 310 g/mol. The number of aryl methyl sites for hydroxylation is 1. The first-order chi connectivity index (χ1) is 8.84. The van der Waals surface area contributed by atoms with E-state index in [9.17, 15) is 5.11 Å². The van der Waals surface area contributed by atoms with E-state index in [0.717, 1.165) is 11.0 Å². The summed E-state index contributed by atoms with van der Waals surface area (Å²) in [5.74, 6) is 0.680. The summed E-state index contributed by atoms with van der Waals surface area (Å²) in [6.45, 7) is 6.24.